The molecule has 2 aliphatic rings. The third-order valence-electron chi connectivity index (χ3n) is 5.87. The molecule has 0 saturated heterocycles. The molecule has 7 heteroatoms. The molecule has 0 bridgehead atoms. The molecule has 0 radical (unpaired) electrons. The molecule has 0 saturated carbocycles. The summed E-state index contributed by atoms with van der Waals surface area (Å²) in [7, 11) is 0. The Labute approximate surface area is 203 Å². The average Bonchev–Trinajstić information content (AvgIpc) is 3.25. The zero-order valence-electron chi connectivity index (χ0n) is 17.1. The number of carbonyl (C=O) groups is 2. The normalized spacial score (nSPS) is 16.8. The second-order valence-electron chi connectivity index (χ2n) is 7.69. The van der Waals surface area contributed by atoms with E-state index in [-0.39, 0.29) is 11.8 Å². The molecule has 4 aromatic rings. The first-order valence-electron chi connectivity index (χ1n) is 10.3. The predicted molar refractivity (Wildman–Crippen MR) is 134 cm³/mol. The van der Waals surface area contributed by atoms with E-state index in [9.17, 15) is 9.59 Å². The van der Waals surface area contributed by atoms with Gasteiger partial charge in [-0.05, 0) is 0 Å². The molecule has 0 aromatic heterocycles. The van der Waals surface area contributed by atoms with Crippen molar-refractivity contribution in [1.29, 1.82) is 0 Å². The molecule has 0 aliphatic carbocycles. The van der Waals surface area contributed by atoms with Crippen molar-refractivity contribution in [2.45, 2.75) is 0 Å². The molecule has 2 heterocycles. The fraction of sp³-hybridized carbons (Fsp3) is 0. The Kier molecular flexibility index (Phi) is 4.65. The number of anilines is 2. The third kappa shape index (κ3) is 2.77. The Morgan fingerprint density at radius 3 is 1.27 bits per heavy atom. The van der Waals surface area contributed by atoms with E-state index in [1.54, 1.807) is 24.3 Å². The van der Waals surface area contributed by atoms with Gasteiger partial charge in [0.05, 0.1) is 0 Å². The van der Waals surface area contributed by atoms with Gasteiger partial charge in [0, 0.05) is 0 Å². The summed E-state index contributed by atoms with van der Waals surface area (Å²) in [6, 6.07) is 29.7. The van der Waals surface area contributed by atoms with Crippen LogP contribution >= 0.6 is 23.2 Å². The van der Waals surface area contributed by atoms with E-state index in [1.165, 1.54) is 0 Å². The zero-order valence-corrected chi connectivity index (χ0v) is 20.3. The van der Waals surface area contributed by atoms with Gasteiger partial charge in [-0.3, -0.25) is 0 Å². The van der Waals surface area contributed by atoms with E-state index in [4.69, 9.17) is 23.2 Å². The summed E-state index contributed by atoms with van der Waals surface area (Å²) in [5.74, 6) is -0.229. The first-order valence-corrected chi connectivity index (χ1v) is 14.3. The van der Waals surface area contributed by atoms with Gasteiger partial charge in [-0.15, -0.1) is 0 Å². The first-order chi connectivity index (χ1) is 16.0. The first kappa shape index (κ1) is 20.5. The second-order valence-corrected chi connectivity index (χ2v) is 14.2. The average molecular weight is 538 g/mol. The van der Waals surface area contributed by atoms with Gasteiger partial charge < -0.3 is 0 Å². The van der Waals surface area contributed by atoms with Crippen molar-refractivity contribution in [3.05, 3.63) is 118 Å². The number of fused-ring (bicyclic) bond motifs is 4. The molecule has 162 valence electrons. The summed E-state index contributed by atoms with van der Waals surface area (Å²) in [5, 5.41) is 1.16. The fourth-order valence-corrected chi connectivity index (χ4v) is 13.5. The molecule has 0 atom stereocenters. The molecule has 0 fully saturated rings. The minimum absolute atomic E-state index is 0.114. The molecule has 4 nitrogen and oxygen atoms in total. The van der Waals surface area contributed by atoms with Crippen LogP contribution in [-0.4, -0.2) is 25.1 Å². The third-order valence-corrected chi connectivity index (χ3v) is 14.2. The molecule has 0 unspecified atom stereocenters. The van der Waals surface area contributed by atoms with E-state index in [0.29, 0.717) is 32.5 Å². The Bertz CT molecular complexity index is 1330. The van der Waals surface area contributed by atoms with Gasteiger partial charge in [-0.1, -0.05) is 0 Å². The van der Waals surface area contributed by atoms with Crippen LogP contribution in [0.5, 0.6) is 0 Å². The summed E-state index contributed by atoms with van der Waals surface area (Å²) >= 11 is 8.74. The van der Waals surface area contributed by atoms with Crippen LogP contribution in [0.4, 0.5) is 11.4 Å². The summed E-state index contributed by atoms with van der Waals surface area (Å²) in [6.45, 7) is 0. The summed E-state index contributed by atoms with van der Waals surface area (Å²) in [6.07, 6.45) is 0. The van der Waals surface area contributed by atoms with Gasteiger partial charge in [-0.25, -0.2) is 0 Å². The molecule has 4 aromatic carbocycles. The summed E-state index contributed by atoms with van der Waals surface area (Å²) in [5.41, 5.74) is 2.67. The number of halogens is 2. The molecule has 2 amide bonds. The van der Waals surface area contributed by atoms with Crippen molar-refractivity contribution in [2.24, 2.45) is 0 Å². The predicted octanol–water partition coefficient (Wildman–Crippen LogP) is 4.87. The number of benzene rings is 4. The van der Waals surface area contributed by atoms with Gasteiger partial charge in [-0.2, -0.15) is 0 Å². The van der Waals surface area contributed by atoms with Gasteiger partial charge >= 0.3 is 204 Å². The van der Waals surface area contributed by atoms with E-state index < -0.39 is 13.3 Å². The van der Waals surface area contributed by atoms with Crippen LogP contribution in [0, 0.1) is 0 Å². The van der Waals surface area contributed by atoms with Crippen LogP contribution in [-0.2, 0) is 0 Å². The quantitative estimate of drug-likeness (QED) is 0.342. The molecule has 33 heavy (non-hydrogen) atoms. The fourth-order valence-electron chi connectivity index (χ4n) is 4.53. The molecule has 0 N–H and O–H groups in total. The molecular weight excluding hydrogens is 522 g/mol. The Morgan fingerprint density at radius 2 is 0.879 bits per heavy atom. The van der Waals surface area contributed by atoms with E-state index >= 15 is 0 Å². The van der Waals surface area contributed by atoms with Crippen LogP contribution < -0.4 is 16.8 Å². The van der Waals surface area contributed by atoms with Crippen molar-refractivity contribution in [2.75, 3.05) is 7.83 Å². The van der Waals surface area contributed by atoms with Crippen LogP contribution in [0.1, 0.15) is 20.7 Å². The van der Waals surface area contributed by atoms with Crippen molar-refractivity contribution in [1.82, 2.24) is 0 Å². The SMILES string of the molecule is O=C1c2ccccc2[Se]2(c3ccccc3C(=O)N2c2ccc(Cl)cc2)N1c1ccc(Cl)cc1. The van der Waals surface area contributed by atoms with E-state index in [0.717, 1.165) is 8.92 Å². The van der Waals surface area contributed by atoms with Crippen LogP contribution in [0.25, 0.3) is 0 Å². The van der Waals surface area contributed by atoms with Crippen molar-refractivity contribution >= 4 is 68.6 Å². The van der Waals surface area contributed by atoms with E-state index in [1.807, 2.05) is 80.6 Å². The molecular formula is C26H16Cl2N2O2Se. The van der Waals surface area contributed by atoms with Gasteiger partial charge in [0.15, 0.2) is 0 Å². The number of hydrogen-bond acceptors (Lipinski definition) is 2. The van der Waals surface area contributed by atoms with Crippen LogP contribution in [0.15, 0.2) is 97.1 Å². The monoisotopic (exact) mass is 538 g/mol. The zero-order chi connectivity index (χ0) is 22.7. The Balaban J connectivity index is 1.74. The second kappa shape index (κ2) is 7.47. The van der Waals surface area contributed by atoms with E-state index in [2.05, 4.69) is 0 Å². The maximum atomic E-state index is 14.0. The maximum absolute atomic E-state index is 14.0. The Morgan fingerprint density at radius 1 is 0.515 bits per heavy atom. The standard InChI is InChI=1S/C26H16Cl2N2O2Se/c27-17-9-13-19(14-10-17)29-25(31)21-5-1-3-7-23(21)33(29)24-8-4-2-6-22(24)26(32)30(33)20-15-11-18(28)12-16-20/h1-16H. The Hall–Kier alpha value is -3.08. The van der Waals surface area contributed by atoms with Gasteiger partial charge in [0.2, 0.25) is 0 Å². The van der Waals surface area contributed by atoms with Crippen molar-refractivity contribution < 1.29 is 9.59 Å². The minimum atomic E-state index is -3.60. The summed E-state index contributed by atoms with van der Waals surface area (Å²) < 4.78 is 5.52. The van der Waals surface area contributed by atoms with Crippen LogP contribution in [0.3, 0.4) is 0 Å². The molecule has 6 rings (SSSR count). The van der Waals surface area contributed by atoms with Crippen molar-refractivity contribution in [3.8, 4) is 0 Å². The topological polar surface area (TPSA) is 40.6 Å². The number of nitrogens with zero attached hydrogens (tertiary/aromatic N) is 2. The number of hydrogen-bond donors (Lipinski definition) is 0. The number of amides is 2. The molecule has 1 spiro atoms. The van der Waals surface area contributed by atoms with Gasteiger partial charge in [0.1, 0.15) is 0 Å². The number of carbonyl (C=O) groups excluding carboxylic acids is 2. The molecule has 2 aliphatic heterocycles. The van der Waals surface area contributed by atoms with Crippen molar-refractivity contribution in [3.63, 3.8) is 0 Å². The number of rotatable bonds is 2. The van der Waals surface area contributed by atoms with Gasteiger partial charge in [0.25, 0.3) is 0 Å². The van der Waals surface area contributed by atoms with Crippen LogP contribution in [0.2, 0.25) is 10.0 Å². The summed E-state index contributed by atoms with van der Waals surface area (Å²) in [4.78, 5) is 27.9.